The van der Waals surface area contributed by atoms with Gasteiger partial charge in [0.25, 0.3) is 5.91 Å². The number of nitrogens with one attached hydrogen (secondary N) is 2. The van der Waals surface area contributed by atoms with Crippen LogP contribution < -0.4 is 10.6 Å². The molecule has 0 bridgehead atoms. The molecule has 0 radical (unpaired) electrons. The van der Waals surface area contributed by atoms with Crippen LogP contribution in [0, 0.1) is 0 Å². The molecule has 2 aliphatic rings. The Kier molecular flexibility index (Phi) is 5.03. The summed E-state index contributed by atoms with van der Waals surface area (Å²) in [6.07, 6.45) is 5.21. The van der Waals surface area contributed by atoms with Crippen molar-refractivity contribution >= 4 is 34.3 Å². The van der Waals surface area contributed by atoms with E-state index in [2.05, 4.69) is 15.6 Å². The van der Waals surface area contributed by atoms with Gasteiger partial charge in [0.05, 0.1) is 12.5 Å². The number of hydrogen-bond acceptors (Lipinski definition) is 7. The van der Waals surface area contributed by atoms with Crippen LogP contribution in [0.25, 0.3) is 22.1 Å². The number of aryl methyl sites for hydroxylation is 1. The first kappa shape index (κ1) is 21.4. The van der Waals surface area contributed by atoms with Crippen molar-refractivity contribution in [3.05, 3.63) is 72.2 Å². The van der Waals surface area contributed by atoms with Gasteiger partial charge in [-0.1, -0.05) is 35.6 Å². The van der Waals surface area contributed by atoms with Gasteiger partial charge in [0.1, 0.15) is 28.4 Å². The van der Waals surface area contributed by atoms with Gasteiger partial charge >= 0.3 is 6.03 Å². The fourth-order valence-electron chi connectivity index (χ4n) is 4.79. The molecule has 3 aromatic heterocycles. The number of thiazole rings is 1. The number of benzene rings is 1. The number of rotatable bonds is 5. The second-order valence-electron chi connectivity index (χ2n) is 8.44. The number of hydrogen-bond donors (Lipinski definition) is 2. The Morgan fingerprint density at radius 2 is 1.86 bits per heavy atom. The lowest BCUT2D eigenvalue weighted by molar-refractivity contribution is -0.134. The molecule has 6 rings (SSSR count). The number of amides is 4. The molecule has 1 aliphatic heterocycles. The maximum absolute atomic E-state index is 13.4. The number of carbonyl (C=O) groups excluding carboxylic acids is 3. The molecule has 1 aromatic carbocycles. The Labute approximate surface area is 203 Å². The van der Waals surface area contributed by atoms with Crippen molar-refractivity contribution in [3.63, 3.8) is 0 Å². The normalized spacial score (nSPS) is 19.1. The van der Waals surface area contributed by atoms with Crippen molar-refractivity contribution in [2.75, 3.05) is 11.9 Å². The summed E-state index contributed by atoms with van der Waals surface area (Å²) >= 11 is 1.21. The second kappa shape index (κ2) is 8.24. The van der Waals surface area contributed by atoms with Gasteiger partial charge in [-0.05, 0) is 54.7 Å². The summed E-state index contributed by atoms with van der Waals surface area (Å²) in [5.74, 6) is 0.179. The summed E-state index contributed by atoms with van der Waals surface area (Å²) in [4.78, 5) is 45.3. The molecule has 9 nitrogen and oxygen atoms in total. The molecule has 1 spiro atoms. The zero-order valence-electron chi connectivity index (χ0n) is 18.4. The number of carbonyl (C=O) groups is 3. The minimum absolute atomic E-state index is 0.303. The molecule has 1 fully saturated rings. The van der Waals surface area contributed by atoms with Gasteiger partial charge in [-0.15, -0.1) is 0 Å². The number of nitrogens with zero attached hydrogens (tertiary/aromatic N) is 2. The Morgan fingerprint density at radius 1 is 1.09 bits per heavy atom. The van der Waals surface area contributed by atoms with Gasteiger partial charge in [0.2, 0.25) is 5.91 Å². The number of aromatic nitrogens is 1. The summed E-state index contributed by atoms with van der Waals surface area (Å²) in [6, 6.07) is 14.1. The molecule has 4 heterocycles. The third-order valence-electron chi connectivity index (χ3n) is 6.33. The molecule has 4 aromatic rings. The maximum atomic E-state index is 13.4. The van der Waals surface area contributed by atoms with E-state index in [0.717, 1.165) is 28.9 Å². The summed E-state index contributed by atoms with van der Waals surface area (Å²) < 4.78 is 11.0. The zero-order valence-corrected chi connectivity index (χ0v) is 19.3. The highest BCUT2D eigenvalue weighted by atomic mass is 32.1. The van der Waals surface area contributed by atoms with E-state index in [1.54, 1.807) is 30.5 Å². The van der Waals surface area contributed by atoms with Crippen molar-refractivity contribution in [1.29, 1.82) is 0 Å². The van der Waals surface area contributed by atoms with Gasteiger partial charge in [-0.2, -0.15) is 0 Å². The molecule has 0 saturated carbocycles. The summed E-state index contributed by atoms with van der Waals surface area (Å²) in [5, 5.41) is 5.88. The third kappa shape index (κ3) is 3.53. The smallest absolute Gasteiger partial charge is 0.325 e. The van der Waals surface area contributed by atoms with E-state index in [-0.39, 0.29) is 0 Å². The minimum atomic E-state index is -1.12. The SMILES string of the molecule is O=C(CN1C(=O)N[C@@]2(CCCc3ccccc32)C1=O)Nc1nc(-c2ccco2)c(-c2ccco2)s1. The van der Waals surface area contributed by atoms with E-state index in [9.17, 15) is 14.4 Å². The van der Waals surface area contributed by atoms with Gasteiger partial charge in [-0.25, -0.2) is 9.78 Å². The van der Waals surface area contributed by atoms with Crippen LogP contribution in [-0.4, -0.2) is 34.3 Å². The Balaban J connectivity index is 1.23. The third-order valence-corrected chi connectivity index (χ3v) is 7.31. The van der Waals surface area contributed by atoms with Crippen molar-refractivity contribution in [3.8, 4) is 22.1 Å². The highest BCUT2D eigenvalue weighted by Crippen LogP contribution is 2.41. The Hall–Kier alpha value is -4.18. The van der Waals surface area contributed by atoms with Gasteiger partial charge in [0, 0.05) is 0 Å². The summed E-state index contributed by atoms with van der Waals surface area (Å²) in [6.45, 7) is -0.416. The average molecular weight is 489 g/mol. The minimum Gasteiger partial charge on any atom is -0.463 e. The molecule has 1 atom stereocenters. The van der Waals surface area contributed by atoms with Crippen LogP contribution in [0.4, 0.5) is 9.93 Å². The lowest BCUT2D eigenvalue weighted by Crippen LogP contribution is -2.47. The topological polar surface area (TPSA) is 118 Å². The quantitative estimate of drug-likeness (QED) is 0.403. The van der Waals surface area contributed by atoms with Crippen molar-refractivity contribution in [2.24, 2.45) is 0 Å². The van der Waals surface area contributed by atoms with E-state index >= 15 is 0 Å². The van der Waals surface area contributed by atoms with Crippen LogP contribution in [0.1, 0.15) is 24.0 Å². The molecule has 2 N–H and O–H groups in total. The lowest BCUT2D eigenvalue weighted by Gasteiger charge is -2.33. The van der Waals surface area contributed by atoms with E-state index < -0.39 is 29.9 Å². The monoisotopic (exact) mass is 488 g/mol. The number of anilines is 1. The number of urea groups is 1. The summed E-state index contributed by atoms with van der Waals surface area (Å²) in [7, 11) is 0. The average Bonchev–Trinajstić information content (AvgIpc) is 3.65. The standard InChI is InChI=1S/C25H20N4O5S/c30-19(26-23-27-20(17-9-4-12-33-17)21(35-23)18-10-5-13-34-18)14-29-22(31)25(28-24(29)32)11-3-7-15-6-1-2-8-16(15)25/h1-2,4-6,8-10,12-13H,3,7,11,14H2,(H,28,32)(H,26,27,30)/t25-/m1/s1. The predicted octanol–water partition coefficient (Wildman–Crippen LogP) is 4.39. The summed E-state index contributed by atoms with van der Waals surface area (Å²) in [5.41, 5.74) is 1.25. The molecular weight excluding hydrogens is 468 g/mol. The van der Waals surface area contributed by atoms with Gasteiger partial charge in [-0.3, -0.25) is 14.5 Å². The fourth-order valence-corrected chi connectivity index (χ4v) is 5.74. The first-order valence-corrected chi connectivity index (χ1v) is 12.0. The molecule has 4 amide bonds. The Morgan fingerprint density at radius 3 is 2.63 bits per heavy atom. The fraction of sp³-hybridized carbons (Fsp3) is 0.200. The number of fused-ring (bicyclic) bond motifs is 2. The van der Waals surface area contributed by atoms with E-state index in [4.69, 9.17) is 8.83 Å². The van der Waals surface area contributed by atoms with Crippen molar-refractivity contribution in [1.82, 2.24) is 15.2 Å². The van der Waals surface area contributed by atoms with Crippen LogP contribution in [0.5, 0.6) is 0 Å². The van der Waals surface area contributed by atoms with Gasteiger partial charge in [0.15, 0.2) is 10.9 Å². The highest BCUT2D eigenvalue weighted by molar-refractivity contribution is 7.19. The maximum Gasteiger partial charge on any atom is 0.325 e. The first-order valence-electron chi connectivity index (χ1n) is 11.2. The lowest BCUT2D eigenvalue weighted by atomic mass is 9.76. The van der Waals surface area contributed by atoms with Crippen LogP contribution in [0.3, 0.4) is 0 Å². The highest BCUT2D eigenvalue weighted by Gasteiger charge is 2.54. The predicted molar refractivity (Wildman–Crippen MR) is 127 cm³/mol. The Bertz CT molecular complexity index is 1370. The number of imide groups is 1. The zero-order chi connectivity index (χ0) is 24.0. The number of furan rings is 2. The largest absolute Gasteiger partial charge is 0.463 e. The molecule has 1 aliphatic carbocycles. The van der Waals surface area contributed by atoms with Crippen molar-refractivity contribution < 1.29 is 23.2 Å². The molecular formula is C25H20N4O5S. The van der Waals surface area contributed by atoms with E-state index in [1.807, 2.05) is 24.3 Å². The van der Waals surface area contributed by atoms with Crippen LogP contribution in [0.2, 0.25) is 0 Å². The molecule has 1 saturated heterocycles. The molecule has 10 heteroatoms. The first-order chi connectivity index (χ1) is 17.0. The molecule has 176 valence electrons. The van der Waals surface area contributed by atoms with Gasteiger partial charge < -0.3 is 19.5 Å². The van der Waals surface area contributed by atoms with Crippen molar-refractivity contribution in [2.45, 2.75) is 24.8 Å². The van der Waals surface area contributed by atoms with E-state index in [1.165, 1.54) is 17.6 Å². The van der Waals surface area contributed by atoms with Crippen LogP contribution in [-0.2, 0) is 21.5 Å². The van der Waals surface area contributed by atoms with E-state index in [0.29, 0.717) is 33.6 Å². The van der Waals surface area contributed by atoms with Crippen LogP contribution in [0.15, 0.2) is 69.9 Å². The second-order valence-corrected chi connectivity index (χ2v) is 9.44. The molecule has 35 heavy (non-hydrogen) atoms. The molecule has 0 unspecified atom stereocenters. The van der Waals surface area contributed by atoms with Crippen LogP contribution >= 0.6 is 11.3 Å².